The van der Waals surface area contributed by atoms with E-state index in [0.717, 1.165) is 5.56 Å². The number of hydrogen-bond acceptors (Lipinski definition) is 5. The van der Waals surface area contributed by atoms with Gasteiger partial charge >= 0.3 is 5.97 Å². The number of rotatable bonds is 6. The second-order valence-corrected chi connectivity index (χ2v) is 5.87. The first-order valence-electron chi connectivity index (χ1n) is 8.63. The first-order chi connectivity index (χ1) is 13.7. The number of ether oxygens (including phenoxy) is 1. The highest BCUT2D eigenvalue weighted by Gasteiger charge is 2.16. The van der Waals surface area contributed by atoms with Crippen molar-refractivity contribution in [1.82, 2.24) is 0 Å². The number of hydrogen-bond donors (Lipinski definition) is 0. The molecule has 0 spiro atoms. The number of benzene rings is 3. The molecule has 0 aromatic heterocycles. The summed E-state index contributed by atoms with van der Waals surface area (Å²) in [6, 6.07) is 24.9. The molecule has 0 saturated heterocycles. The zero-order valence-corrected chi connectivity index (χ0v) is 15.3. The summed E-state index contributed by atoms with van der Waals surface area (Å²) in [5, 5.41) is 8.27. The summed E-state index contributed by atoms with van der Waals surface area (Å²) in [5.74, 6) is -0.605. The van der Waals surface area contributed by atoms with E-state index in [-0.39, 0.29) is 11.5 Å². The summed E-state index contributed by atoms with van der Waals surface area (Å²) < 4.78 is 4.67. The van der Waals surface area contributed by atoms with Crippen molar-refractivity contribution in [1.29, 1.82) is 0 Å². The maximum Gasteiger partial charge on any atom is 0.337 e. The molecular formula is C23H18N2O3. The van der Waals surface area contributed by atoms with Crippen molar-refractivity contribution < 1.29 is 14.3 Å². The maximum atomic E-state index is 12.9. The Kier molecular flexibility index (Phi) is 6.21. The number of ketones is 1. The molecule has 138 valence electrons. The lowest BCUT2D eigenvalue weighted by atomic mass is 10.0. The standard InChI is InChI=1S/C23H18N2O3/c1-28-23(27)20-14-12-17(13-15-20)16-24-25-21(18-8-4-2-5-9-18)22(26)19-10-6-3-7-11-19/h2-16H,1H3/b24-16+,25-21+. The SMILES string of the molecule is COC(=O)c1ccc(/C=N/N=C(/C(=O)c2ccccc2)c2ccccc2)cc1. The minimum atomic E-state index is -0.402. The van der Waals surface area contributed by atoms with E-state index in [1.807, 2.05) is 48.5 Å². The van der Waals surface area contributed by atoms with Crippen molar-refractivity contribution in [2.45, 2.75) is 0 Å². The molecule has 3 aromatic carbocycles. The lowest BCUT2D eigenvalue weighted by molar-refractivity contribution is 0.0600. The monoisotopic (exact) mass is 370 g/mol. The average molecular weight is 370 g/mol. The molecule has 0 N–H and O–H groups in total. The van der Waals surface area contributed by atoms with Gasteiger partial charge in [0.15, 0.2) is 0 Å². The van der Waals surface area contributed by atoms with Gasteiger partial charge in [-0.1, -0.05) is 72.8 Å². The van der Waals surface area contributed by atoms with Crippen LogP contribution in [0.5, 0.6) is 0 Å². The summed E-state index contributed by atoms with van der Waals surface area (Å²) >= 11 is 0. The molecule has 0 amide bonds. The number of carbonyl (C=O) groups is 2. The van der Waals surface area contributed by atoms with Gasteiger partial charge in [-0.2, -0.15) is 5.10 Å². The molecule has 3 aromatic rings. The van der Waals surface area contributed by atoms with Crippen LogP contribution in [0.2, 0.25) is 0 Å². The molecule has 0 aliphatic heterocycles. The smallest absolute Gasteiger partial charge is 0.337 e. The number of esters is 1. The molecule has 0 fully saturated rings. The van der Waals surface area contributed by atoms with E-state index in [4.69, 9.17) is 0 Å². The largest absolute Gasteiger partial charge is 0.465 e. The van der Waals surface area contributed by atoms with Crippen molar-refractivity contribution >= 4 is 23.7 Å². The molecule has 28 heavy (non-hydrogen) atoms. The number of Topliss-reactive ketones (excluding diaryl/α,β-unsaturated/α-hetero) is 1. The van der Waals surface area contributed by atoms with Crippen LogP contribution in [0.3, 0.4) is 0 Å². The van der Waals surface area contributed by atoms with Crippen LogP contribution in [0, 0.1) is 0 Å². The summed E-state index contributed by atoms with van der Waals surface area (Å²) in [5.41, 5.74) is 2.69. The number of methoxy groups -OCH3 is 1. The summed E-state index contributed by atoms with van der Waals surface area (Å²) in [7, 11) is 1.33. The van der Waals surface area contributed by atoms with Crippen LogP contribution >= 0.6 is 0 Å². The third-order valence-electron chi connectivity index (χ3n) is 3.99. The first-order valence-corrected chi connectivity index (χ1v) is 8.63. The molecule has 0 atom stereocenters. The molecule has 0 aliphatic rings. The molecule has 0 aliphatic carbocycles. The second kappa shape index (κ2) is 9.19. The molecular weight excluding hydrogens is 352 g/mol. The van der Waals surface area contributed by atoms with Crippen molar-refractivity contribution in [2.24, 2.45) is 10.2 Å². The molecule has 0 bridgehead atoms. The Morgan fingerprint density at radius 3 is 1.89 bits per heavy atom. The minimum absolute atomic E-state index is 0.204. The van der Waals surface area contributed by atoms with Crippen molar-refractivity contribution in [3.8, 4) is 0 Å². The van der Waals surface area contributed by atoms with Crippen LogP contribution in [0.15, 0.2) is 95.1 Å². The van der Waals surface area contributed by atoms with Crippen molar-refractivity contribution in [2.75, 3.05) is 7.11 Å². The lowest BCUT2D eigenvalue weighted by Gasteiger charge is -2.04. The van der Waals surface area contributed by atoms with Gasteiger partial charge in [0.2, 0.25) is 5.78 Å². The van der Waals surface area contributed by atoms with E-state index in [2.05, 4.69) is 14.9 Å². The van der Waals surface area contributed by atoms with Gasteiger partial charge in [-0.3, -0.25) is 4.79 Å². The van der Waals surface area contributed by atoms with E-state index in [1.165, 1.54) is 13.3 Å². The van der Waals surface area contributed by atoms with Crippen molar-refractivity contribution in [3.05, 3.63) is 107 Å². The quantitative estimate of drug-likeness (QED) is 0.283. The lowest BCUT2D eigenvalue weighted by Crippen LogP contribution is -2.15. The van der Waals surface area contributed by atoms with Crippen LogP contribution in [0.25, 0.3) is 0 Å². The molecule has 0 radical (unpaired) electrons. The third-order valence-corrected chi connectivity index (χ3v) is 3.99. The zero-order valence-electron chi connectivity index (χ0n) is 15.3. The summed E-state index contributed by atoms with van der Waals surface area (Å²) in [6.45, 7) is 0. The van der Waals surface area contributed by atoms with Crippen molar-refractivity contribution in [3.63, 3.8) is 0 Å². The van der Waals surface area contributed by atoms with Gasteiger partial charge in [0.05, 0.1) is 18.9 Å². The van der Waals surface area contributed by atoms with E-state index >= 15 is 0 Å². The second-order valence-electron chi connectivity index (χ2n) is 5.87. The van der Waals surface area contributed by atoms with E-state index < -0.39 is 5.97 Å². The Balaban J connectivity index is 1.88. The molecule has 0 saturated carbocycles. The van der Waals surface area contributed by atoms with Crippen LogP contribution in [-0.2, 0) is 4.74 Å². The van der Waals surface area contributed by atoms with Gasteiger partial charge in [0, 0.05) is 11.1 Å². The molecule has 0 unspecified atom stereocenters. The van der Waals surface area contributed by atoms with Crippen LogP contribution in [0.4, 0.5) is 0 Å². The van der Waals surface area contributed by atoms with Gasteiger partial charge in [0.25, 0.3) is 0 Å². The Hall–Kier alpha value is -3.86. The van der Waals surface area contributed by atoms with E-state index in [1.54, 1.807) is 36.4 Å². The number of carbonyl (C=O) groups excluding carboxylic acids is 2. The van der Waals surface area contributed by atoms with Crippen LogP contribution < -0.4 is 0 Å². The zero-order chi connectivity index (χ0) is 19.8. The Morgan fingerprint density at radius 2 is 1.32 bits per heavy atom. The predicted octanol–water partition coefficient (Wildman–Crippen LogP) is 4.18. The molecule has 5 nitrogen and oxygen atoms in total. The van der Waals surface area contributed by atoms with Gasteiger partial charge in [-0.05, 0) is 17.7 Å². The highest BCUT2D eigenvalue weighted by molar-refractivity contribution is 6.51. The summed E-state index contributed by atoms with van der Waals surface area (Å²) in [4.78, 5) is 24.4. The fraction of sp³-hybridized carbons (Fsp3) is 0.0435. The Bertz CT molecular complexity index is 1010. The van der Waals surface area contributed by atoms with Crippen LogP contribution in [-0.4, -0.2) is 30.8 Å². The van der Waals surface area contributed by atoms with Gasteiger partial charge in [-0.25, -0.2) is 4.79 Å². The van der Waals surface area contributed by atoms with E-state index in [9.17, 15) is 9.59 Å². The molecule has 5 heteroatoms. The Morgan fingerprint density at radius 1 is 0.750 bits per heavy atom. The summed E-state index contributed by atoms with van der Waals surface area (Å²) in [6.07, 6.45) is 1.53. The average Bonchev–Trinajstić information content (AvgIpc) is 2.77. The highest BCUT2D eigenvalue weighted by Crippen LogP contribution is 2.10. The topological polar surface area (TPSA) is 68.1 Å². The van der Waals surface area contributed by atoms with Gasteiger partial charge in [0.1, 0.15) is 5.71 Å². The predicted molar refractivity (Wildman–Crippen MR) is 109 cm³/mol. The van der Waals surface area contributed by atoms with Gasteiger partial charge < -0.3 is 4.74 Å². The van der Waals surface area contributed by atoms with E-state index in [0.29, 0.717) is 16.7 Å². The normalized spacial score (nSPS) is 11.4. The fourth-order valence-corrected chi connectivity index (χ4v) is 2.53. The van der Waals surface area contributed by atoms with Crippen LogP contribution in [0.1, 0.15) is 31.8 Å². The fourth-order valence-electron chi connectivity index (χ4n) is 2.53. The van der Waals surface area contributed by atoms with Gasteiger partial charge in [-0.15, -0.1) is 5.10 Å². The first kappa shape index (κ1) is 18.9. The minimum Gasteiger partial charge on any atom is -0.465 e. The molecule has 0 heterocycles. The highest BCUT2D eigenvalue weighted by atomic mass is 16.5. The Labute approximate surface area is 163 Å². The molecule has 3 rings (SSSR count). The maximum absolute atomic E-state index is 12.9. The third kappa shape index (κ3) is 4.65. The number of nitrogens with zero attached hydrogens (tertiary/aromatic N) is 2.